The van der Waals surface area contributed by atoms with Crippen LogP contribution in [0.2, 0.25) is 0 Å². The highest BCUT2D eigenvalue weighted by Gasteiger charge is 2.05. The van der Waals surface area contributed by atoms with Crippen LogP contribution in [0.3, 0.4) is 0 Å². The number of carbonyl (C=O) groups is 5. The predicted octanol–water partition coefficient (Wildman–Crippen LogP) is 15.5. The smallest absolute Gasteiger partial charge is 0.333 e. The summed E-state index contributed by atoms with van der Waals surface area (Å²) in [6, 6.07) is 0. The van der Waals surface area contributed by atoms with Crippen molar-refractivity contribution in [1.82, 2.24) is 0 Å². The van der Waals surface area contributed by atoms with Crippen LogP contribution in [0.5, 0.6) is 0 Å². The SMILES string of the molecule is C=C(C)C(=O)OCCCCCCC.C=C(C)C(=O)OCCCCCCCCC.C=C(C)C(=O)OCCCCCCCCOC.C=C(C)C(=O)OCCCCCCOC.C=C(C)C(=O)OCCCCOC.C=C(C)CCOC. The van der Waals surface area contributed by atoms with E-state index in [0.717, 1.165) is 110 Å². The van der Waals surface area contributed by atoms with E-state index in [1.807, 2.05) is 6.92 Å². The molecule has 77 heavy (non-hydrogen) atoms. The van der Waals surface area contributed by atoms with E-state index in [0.29, 0.717) is 67.5 Å². The Kier molecular flexibility index (Phi) is 75.9. The van der Waals surface area contributed by atoms with Gasteiger partial charge in [-0.15, -0.1) is 6.58 Å². The Hall–Kier alpha value is -4.37. The Morgan fingerprint density at radius 2 is 0.429 bits per heavy atom. The van der Waals surface area contributed by atoms with Crippen molar-refractivity contribution in [2.24, 2.45) is 0 Å². The van der Waals surface area contributed by atoms with E-state index in [1.165, 1.54) is 76.2 Å². The fourth-order valence-corrected chi connectivity index (χ4v) is 5.59. The maximum atomic E-state index is 11.0. The summed E-state index contributed by atoms with van der Waals surface area (Å²) in [5.74, 6) is -1.41. The van der Waals surface area contributed by atoms with Crippen molar-refractivity contribution in [3.63, 3.8) is 0 Å². The molecular formula is C63H116O14. The summed E-state index contributed by atoms with van der Waals surface area (Å²) in [6.45, 7) is 41.7. The second kappa shape index (κ2) is 69.6. The second-order valence-electron chi connectivity index (χ2n) is 19.0. The first kappa shape index (κ1) is 83.9. The number of ether oxygens (including phenoxy) is 9. The monoisotopic (exact) mass is 1100 g/mol. The van der Waals surface area contributed by atoms with Gasteiger partial charge in [0.15, 0.2) is 0 Å². The molecule has 14 nitrogen and oxygen atoms in total. The maximum absolute atomic E-state index is 11.0. The number of methoxy groups -OCH3 is 4. The van der Waals surface area contributed by atoms with Crippen molar-refractivity contribution in [2.75, 3.05) is 87.9 Å². The van der Waals surface area contributed by atoms with E-state index in [4.69, 9.17) is 42.6 Å². The van der Waals surface area contributed by atoms with Crippen molar-refractivity contribution < 1.29 is 66.6 Å². The van der Waals surface area contributed by atoms with E-state index in [9.17, 15) is 24.0 Å². The van der Waals surface area contributed by atoms with Crippen LogP contribution in [0.4, 0.5) is 0 Å². The molecule has 0 fully saturated rings. The van der Waals surface area contributed by atoms with Crippen molar-refractivity contribution in [2.45, 2.75) is 216 Å². The zero-order valence-corrected chi connectivity index (χ0v) is 51.5. The minimum absolute atomic E-state index is 0.263. The number of hydrogen-bond donors (Lipinski definition) is 0. The molecule has 0 aromatic rings. The number of unbranched alkanes of at least 4 members (excludes halogenated alkanes) is 19. The zero-order valence-electron chi connectivity index (χ0n) is 51.5. The van der Waals surface area contributed by atoms with Gasteiger partial charge in [-0.25, -0.2) is 24.0 Å². The Balaban J connectivity index is -0.000000199. The molecule has 0 amide bonds. The van der Waals surface area contributed by atoms with Gasteiger partial charge in [0.25, 0.3) is 0 Å². The normalized spacial score (nSPS) is 9.77. The van der Waals surface area contributed by atoms with Crippen LogP contribution < -0.4 is 0 Å². The van der Waals surface area contributed by atoms with Crippen LogP contribution >= 0.6 is 0 Å². The molecule has 0 aliphatic rings. The van der Waals surface area contributed by atoms with Crippen LogP contribution in [0, 0.1) is 0 Å². The average Bonchev–Trinajstić information content (AvgIpc) is 3.39. The summed E-state index contributed by atoms with van der Waals surface area (Å²) in [5.41, 5.74) is 3.53. The zero-order chi connectivity index (χ0) is 59.8. The summed E-state index contributed by atoms with van der Waals surface area (Å²) >= 11 is 0. The van der Waals surface area contributed by atoms with Crippen molar-refractivity contribution in [3.05, 3.63) is 72.9 Å². The highest BCUT2D eigenvalue weighted by Crippen LogP contribution is 2.09. The fourth-order valence-electron chi connectivity index (χ4n) is 5.59. The first-order valence-electron chi connectivity index (χ1n) is 28.4. The molecule has 0 aliphatic carbocycles. The third-order valence-corrected chi connectivity index (χ3v) is 10.4. The van der Waals surface area contributed by atoms with Gasteiger partial charge >= 0.3 is 29.8 Å². The van der Waals surface area contributed by atoms with Crippen molar-refractivity contribution in [3.8, 4) is 0 Å². The third-order valence-electron chi connectivity index (χ3n) is 10.4. The largest absolute Gasteiger partial charge is 0.462 e. The molecule has 0 N–H and O–H groups in total. The lowest BCUT2D eigenvalue weighted by molar-refractivity contribution is -0.140. The number of esters is 5. The van der Waals surface area contributed by atoms with Crippen LogP contribution in [0.25, 0.3) is 0 Å². The maximum Gasteiger partial charge on any atom is 0.333 e. The summed E-state index contributed by atoms with van der Waals surface area (Å²) in [5, 5.41) is 0. The van der Waals surface area contributed by atoms with E-state index >= 15 is 0 Å². The summed E-state index contributed by atoms with van der Waals surface area (Å²) in [4.78, 5) is 54.7. The molecule has 14 heteroatoms. The fraction of sp³-hybridized carbons (Fsp3) is 0.730. The Bertz CT molecular complexity index is 1480. The van der Waals surface area contributed by atoms with Crippen LogP contribution in [0.15, 0.2) is 72.9 Å². The summed E-state index contributed by atoms with van der Waals surface area (Å²) < 4.78 is 44.2. The highest BCUT2D eigenvalue weighted by molar-refractivity contribution is 5.88. The van der Waals surface area contributed by atoms with Crippen molar-refractivity contribution in [1.29, 1.82) is 0 Å². The van der Waals surface area contributed by atoms with E-state index in [1.54, 1.807) is 63.1 Å². The molecule has 0 aromatic heterocycles. The van der Waals surface area contributed by atoms with Gasteiger partial charge < -0.3 is 42.6 Å². The molecule has 0 saturated carbocycles. The molecule has 0 radical (unpaired) electrons. The summed E-state index contributed by atoms with van der Waals surface area (Å²) in [6.07, 6.45) is 28.3. The number of carbonyl (C=O) groups excluding carboxylic acids is 5. The second-order valence-corrected chi connectivity index (χ2v) is 19.0. The quantitative estimate of drug-likeness (QED) is 0.0186. The Morgan fingerprint density at radius 1 is 0.260 bits per heavy atom. The first-order valence-corrected chi connectivity index (χ1v) is 28.4. The third kappa shape index (κ3) is 83.1. The Morgan fingerprint density at radius 3 is 0.597 bits per heavy atom. The van der Waals surface area contributed by atoms with Gasteiger partial charge in [0.2, 0.25) is 0 Å². The predicted molar refractivity (Wildman–Crippen MR) is 318 cm³/mol. The van der Waals surface area contributed by atoms with Crippen molar-refractivity contribution >= 4 is 29.8 Å². The molecule has 0 heterocycles. The van der Waals surface area contributed by atoms with Gasteiger partial charge in [0.1, 0.15) is 0 Å². The summed E-state index contributed by atoms with van der Waals surface area (Å²) in [7, 11) is 6.79. The lowest BCUT2D eigenvalue weighted by atomic mass is 10.1. The number of rotatable bonds is 43. The number of hydrogen-bond acceptors (Lipinski definition) is 14. The van der Waals surface area contributed by atoms with Crippen LogP contribution in [-0.4, -0.2) is 118 Å². The lowest BCUT2D eigenvalue weighted by Gasteiger charge is -2.04. The molecular weight excluding hydrogens is 981 g/mol. The molecule has 0 saturated heterocycles. The van der Waals surface area contributed by atoms with Gasteiger partial charge in [-0.05, 0) is 106 Å². The van der Waals surface area contributed by atoms with E-state index < -0.39 is 0 Å². The lowest BCUT2D eigenvalue weighted by Crippen LogP contribution is -2.06. The van der Waals surface area contributed by atoms with E-state index in [-0.39, 0.29) is 29.8 Å². The minimum atomic E-state index is -0.313. The van der Waals surface area contributed by atoms with Gasteiger partial charge in [-0.1, -0.05) is 149 Å². The first-order chi connectivity index (χ1) is 36.7. The molecule has 0 aliphatic heterocycles. The van der Waals surface area contributed by atoms with Gasteiger partial charge in [-0.3, -0.25) is 0 Å². The van der Waals surface area contributed by atoms with Crippen LogP contribution in [-0.2, 0) is 66.6 Å². The molecule has 0 rings (SSSR count). The molecule has 0 bridgehead atoms. The minimum Gasteiger partial charge on any atom is -0.462 e. The highest BCUT2D eigenvalue weighted by atomic mass is 16.5. The topological polar surface area (TPSA) is 168 Å². The van der Waals surface area contributed by atoms with E-state index in [2.05, 4.69) is 53.3 Å². The van der Waals surface area contributed by atoms with Crippen LogP contribution in [0.1, 0.15) is 216 Å². The average molecular weight is 1100 g/mol. The van der Waals surface area contributed by atoms with Gasteiger partial charge in [0, 0.05) is 82.7 Å². The standard InChI is InChI=1S/C13H24O3.C13H24O2.C11H20O3.C11H20O2.C9H16O3.C6H12O/c1-12(2)13(14)16-11-9-7-5-4-6-8-10-15-3;1-4-5-6-7-8-9-10-11-15-13(14)12(2)3;1-10(2)11(12)14-9-7-5-4-6-8-13-3;1-4-5-6-7-8-9-13-11(12)10(2)3;1-8(2)9(10)12-7-5-4-6-11-3;1-6(2)4-5-7-3/h1,4-11H2,2-3H3;2,4-11H2,1,3H3;1,4-9H2,2-3H3;2,4-9H2,1,3H3;1,4-7H2,2-3H3;1,4-5H2,2-3H3. The molecule has 0 unspecified atom stereocenters. The molecule has 452 valence electrons. The van der Waals surface area contributed by atoms with Gasteiger partial charge in [-0.2, -0.15) is 0 Å². The Labute approximate surface area is 471 Å². The molecule has 0 atom stereocenters. The van der Waals surface area contributed by atoms with Gasteiger partial charge in [0.05, 0.1) is 33.0 Å². The molecule has 0 aromatic carbocycles. The molecule has 0 spiro atoms.